The van der Waals surface area contributed by atoms with E-state index < -0.39 is 10.8 Å². The summed E-state index contributed by atoms with van der Waals surface area (Å²) in [4.78, 5) is 22.0. The summed E-state index contributed by atoms with van der Waals surface area (Å²) in [6.45, 7) is -0.336. The molecule has 0 saturated carbocycles. The molecular weight excluding hydrogens is 296 g/mol. The third kappa shape index (κ3) is 4.19. The van der Waals surface area contributed by atoms with E-state index in [1.165, 1.54) is 18.2 Å². The van der Waals surface area contributed by atoms with Crippen molar-refractivity contribution in [3.05, 3.63) is 63.7 Å². The first-order chi connectivity index (χ1) is 10.1. The van der Waals surface area contributed by atoms with Crippen molar-refractivity contribution in [2.24, 2.45) is 0 Å². The molecule has 0 aromatic heterocycles. The molecule has 21 heavy (non-hydrogen) atoms. The smallest absolute Gasteiger partial charge is 0.310 e. The second-order valence-corrected chi connectivity index (χ2v) is 4.51. The van der Waals surface area contributed by atoms with E-state index in [9.17, 15) is 14.9 Å². The third-order valence-electron chi connectivity index (χ3n) is 2.53. The fourth-order valence-electron chi connectivity index (χ4n) is 1.64. The number of nitrogens with zero attached hydrogens (tertiary/aromatic N) is 1. The van der Waals surface area contributed by atoms with Gasteiger partial charge in [-0.05, 0) is 24.3 Å². The summed E-state index contributed by atoms with van der Waals surface area (Å²) in [7, 11) is 0. The van der Waals surface area contributed by atoms with Gasteiger partial charge in [0.05, 0.1) is 4.92 Å². The van der Waals surface area contributed by atoms with Gasteiger partial charge in [0.2, 0.25) is 0 Å². The Balaban J connectivity index is 1.97. The molecule has 1 amide bonds. The number of nitro groups is 1. The monoisotopic (exact) mass is 306 g/mol. The number of halogens is 1. The maximum atomic E-state index is 11.7. The Bertz CT molecular complexity index is 676. The van der Waals surface area contributed by atoms with E-state index in [-0.39, 0.29) is 18.0 Å². The van der Waals surface area contributed by atoms with E-state index in [4.69, 9.17) is 16.3 Å². The van der Waals surface area contributed by atoms with Gasteiger partial charge in [-0.3, -0.25) is 14.9 Å². The molecular formula is C14H11ClN2O4. The van der Waals surface area contributed by atoms with E-state index in [1.807, 2.05) is 0 Å². The highest BCUT2D eigenvalue weighted by atomic mass is 35.5. The van der Waals surface area contributed by atoms with Crippen molar-refractivity contribution < 1.29 is 14.5 Å². The zero-order chi connectivity index (χ0) is 15.2. The molecule has 0 fully saturated rings. The van der Waals surface area contributed by atoms with Crippen molar-refractivity contribution in [3.8, 4) is 5.75 Å². The second kappa shape index (κ2) is 6.71. The molecule has 0 aliphatic carbocycles. The van der Waals surface area contributed by atoms with Gasteiger partial charge in [0.15, 0.2) is 12.4 Å². The van der Waals surface area contributed by atoms with Crippen molar-refractivity contribution in [1.82, 2.24) is 0 Å². The van der Waals surface area contributed by atoms with Crippen LogP contribution < -0.4 is 10.1 Å². The molecule has 0 radical (unpaired) electrons. The predicted molar refractivity (Wildman–Crippen MR) is 78.7 cm³/mol. The lowest BCUT2D eigenvalue weighted by atomic mass is 10.3. The van der Waals surface area contributed by atoms with E-state index in [0.29, 0.717) is 10.7 Å². The van der Waals surface area contributed by atoms with Crippen LogP contribution in [0.25, 0.3) is 0 Å². The summed E-state index contributed by atoms with van der Waals surface area (Å²) < 4.78 is 5.18. The number of carbonyl (C=O) groups excluding carboxylic acids is 1. The summed E-state index contributed by atoms with van der Waals surface area (Å²) in [5.41, 5.74) is 0.340. The molecule has 0 aliphatic heterocycles. The first-order valence-corrected chi connectivity index (χ1v) is 6.35. The SMILES string of the molecule is O=C(COc1ccccc1[N+](=O)[O-])Nc1cccc(Cl)c1. The number of amides is 1. The minimum Gasteiger partial charge on any atom is -0.477 e. The number of para-hydroxylation sites is 2. The van der Waals surface area contributed by atoms with Crippen LogP contribution in [0.3, 0.4) is 0 Å². The number of rotatable bonds is 5. The molecule has 2 aromatic carbocycles. The molecule has 0 bridgehead atoms. The predicted octanol–water partition coefficient (Wildman–Crippen LogP) is 3.27. The molecule has 0 heterocycles. The highest BCUT2D eigenvalue weighted by Crippen LogP contribution is 2.25. The molecule has 0 saturated heterocycles. The zero-order valence-electron chi connectivity index (χ0n) is 10.8. The topological polar surface area (TPSA) is 81.5 Å². The van der Waals surface area contributed by atoms with Crippen LogP contribution >= 0.6 is 11.6 Å². The Morgan fingerprint density at radius 1 is 1.24 bits per heavy atom. The van der Waals surface area contributed by atoms with Crippen LogP contribution in [-0.4, -0.2) is 17.4 Å². The summed E-state index contributed by atoms with van der Waals surface area (Å²) in [6, 6.07) is 12.5. The molecule has 0 unspecified atom stereocenters. The van der Waals surface area contributed by atoms with Crippen molar-refractivity contribution in [2.45, 2.75) is 0 Å². The van der Waals surface area contributed by atoms with Gasteiger partial charge in [-0.15, -0.1) is 0 Å². The maximum Gasteiger partial charge on any atom is 0.310 e. The quantitative estimate of drug-likeness (QED) is 0.679. The van der Waals surface area contributed by atoms with E-state index in [0.717, 1.165) is 0 Å². The lowest BCUT2D eigenvalue weighted by Crippen LogP contribution is -2.20. The van der Waals surface area contributed by atoms with Gasteiger partial charge in [-0.1, -0.05) is 29.8 Å². The second-order valence-electron chi connectivity index (χ2n) is 4.07. The number of ether oxygens (including phenoxy) is 1. The van der Waals surface area contributed by atoms with Gasteiger partial charge >= 0.3 is 5.69 Å². The number of carbonyl (C=O) groups is 1. The van der Waals surface area contributed by atoms with Crippen LogP contribution in [0.4, 0.5) is 11.4 Å². The zero-order valence-corrected chi connectivity index (χ0v) is 11.5. The van der Waals surface area contributed by atoms with Crippen LogP contribution in [0.5, 0.6) is 5.75 Å². The first-order valence-electron chi connectivity index (χ1n) is 5.98. The van der Waals surface area contributed by atoms with Crippen LogP contribution in [-0.2, 0) is 4.79 Å². The Hall–Kier alpha value is -2.60. The number of benzene rings is 2. The van der Waals surface area contributed by atoms with Crippen LogP contribution in [0.2, 0.25) is 5.02 Å². The number of nitrogens with one attached hydrogen (secondary N) is 1. The summed E-state index contributed by atoms with van der Waals surface area (Å²) in [5.74, 6) is -0.390. The highest BCUT2D eigenvalue weighted by molar-refractivity contribution is 6.30. The molecule has 108 valence electrons. The average molecular weight is 307 g/mol. The number of nitro benzene ring substituents is 1. The van der Waals surface area contributed by atoms with E-state index in [2.05, 4.69) is 5.32 Å². The maximum absolute atomic E-state index is 11.7. The van der Waals surface area contributed by atoms with Crippen molar-refractivity contribution in [3.63, 3.8) is 0 Å². The Morgan fingerprint density at radius 2 is 2.00 bits per heavy atom. The fraction of sp³-hybridized carbons (Fsp3) is 0.0714. The molecule has 6 nitrogen and oxygen atoms in total. The molecule has 2 aromatic rings. The lowest BCUT2D eigenvalue weighted by Gasteiger charge is -2.08. The minimum absolute atomic E-state index is 0.0451. The standard InChI is InChI=1S/C14H11ClN2O4/c15-10-4-3-5-11(8-10)16-14(18)9-21-13-7-2-1-6-12(13)17(19)20/h1-8H,9H2,(H,16,18). The summed E-state index contributed by atoms with van der Waals surface area (Å²) in [6.07, 6.45) is 0. The largest absolute Gasteiger partial charge is 0.477 e. The van der Waals surface area contributed by atoms with Crippen molar-refractivity contribution in [2.75, 3.05) is 11.9 Å². The summed E-state index contributed by atoms with van der Waals surface area (Å²) >= 11 is 5.80. The molecule has 2 rings (SSSR count). The first kappa shape index (κ1) is 14.8. The fourth-order valence-corrected chi connectivity index (χ4v) is 1.83. The molecule has 0 spiro atoms. The minimum atomic E-state index is -0.565. The Morgan fingerprint density at radius 3 is 2.71 bits per heavy atom. The summed E-state index contributed by atoms with van der Waals surface area (Å²) in [5, 5.41) is 13.9. The number of hydrogen-bond donors (Lipinski definition) is 1. The van der Waals surface area contributed by atoms with Crippen molar-refractivity contribution in [1.29, 1.82) is 0 Å². The van der Waals surface area contributed by atoms with Gasteiger partial charge < -0.3 is 10.1 Å². The average Bonchev–Trinajstić information content (AvgIpc) is 2.45. The van der Waals surface area contributed by atoms with Gasteiger partial charge in [0.1, 0.15) is 0 Å². The Labute approximate surface area is 125 Å². The van der Waals surface area contributed by atoms with Gasteiger partial charge in [-0.25, -0.2) is 0 Å². The van der Waals surface area contributed by atoms with Crippen LogP contribution in [0.15, 0.2) is 48.5 Å². The van der Waals surface area contributed by atoms with E-state index in [1.54, 1.807) is 30.3 Å². The van der Waals surface area contributed by atoms with Crippen LogP contribution in [0.1, 0.15) is 0 Å². The lowest BCUT2D eigenvalue weighted by molar-refractivity contribution is -0.385. The normalized spacial score (nSPS) is 9.95. The molecule has 1 N–H and O–H groups in total. The molecule has 0 aliphatic rings. The van der Waals surface area contributed by atoms with Crippen LogP contribution in [0, 0.1) is 10.1 Å². The highest BCUT2D eigenvalue weighted by Gasteiger charge is 2.14. The third-order valence-corrected chi connectivity index (χ3v) is 2.76. The van der Waals surface area contributed by atoms with E-state index >= 15 is 0 Å². The van der Waals surface area contributed by atoms with Gasteiger partial charge in [0, 0.05) is 16.8 Å². The number of hydrogen-bond acceptors (Lipinski definition) is 4. The van der Waals surface area contributed by atoms with Crippen molar-refractivity contribution >= 4 is 28.9 Å². The van der Waals surface area contributed by atoms with Gasteiger partial charge in [-0.2, -0.15) is 0 Å². The van der Waals surface area contributed by atoms with Gasteiger partial charge in [0.25, 0.3) is 5.91 Å². The molecule has 7 heteroatoms. The number of anilines is 1. The molecule has 0 atom stereocenters. The Kier molecular flexibility index (Phi) is 4.73.